The molecular formula is C18H26N2O4. The van der Waals surface area contributed by atoms with Crippen LogP contribution in [-0.4, -0.2) is 66.1 Å². The normalized spacial score (nSPS) is 17.0. The molecule has 1 saturated heterocycles. The second-order valence-corrected chi connectivity index (χ2v) is 6.04. The fraction of sp³-hybridized carbons (Fsp3) is 0.556. The van der Waals surface area contributed by atoms with Crippen LogP contribution < -0.4 is 0 Å². The number of carbonyl (C=O) groups is 2. The van der Waals surface area contributed by atoms with Gasteiger partial charge in [0.15, 0.2) is 6.10 Å². The fourth-order valence-electron chi connectivity index (χ4n) is 3.30. The van der Waals surface area contributed by atoms with Crippen LogP contribution in [-0.2, 0) is 14.3 Å². The molecule has 6 nitrogen and oxygen atoms in total. The summed E-state index contributed by atoms with van der Waals surface area (Å²) in [5.74, 6) is -0.831. The fourth-order valence-corrected chi connectivity index (χ4v) is 3.30. The van der Waals surface area contributed by atoms with Gasteiger partial charge in [-0.3, -0.25) is 14.5 Å². The van der Waals surface area contributed by atoms with Crippen molar-refractivity contribution in [1.29, 1.82) is 0 Å². The maximum Gasteiger partial charge on any atom is 0.317 e. The van der Waals surface area contributed by atoms with Crippen molar-refractivity contribution in [2.45, 2.75) is 31.9 Å². The summed E-state index contributed by atoms with van der Waals surface area (Å²) in [7, 11) is 1.55. The minimum atomic E-state index is -0.807. The number of carboxylic acid groups (broad SMARTS) is 1. The highest BCUT2D eigenvalue weighted by atomic mass is 16.5. The van der Waals surface area contributed by atoms with Crippen molar-refractivity contribution in [3.05, 3.63) is 35.9 Å². The van der Waals surface area contributed by atoms with E-state index >= 15 is 0 Å². The molecule has 2 rings (SSSR count). The lowest BCUT2D eigenvalue weighted by molar-refractivity contribution is -0.145. The van der Waals surface area contributed by atoms with Gasteiger partial charge in [-0.05, 0) is 24.9 Å². The van der Waals surface area contributed by atoms with Gasteiger partial charge in [0.2, 0.25) is 0 Å². The number of carboxylic acids is 1. The SMILES string of the molecule is CCN(CC(=O)O)C1CCN(C(=O)C(OC)c2ccccc2)CC1. The van der Waals surface area contributed by atoms with Crippen molar-refractivity contribution >= 4 is 11.9 Å². The molecule has 1 aromatic carbocycles. The monoisotopic (exact) mass is 334 g/mol. The lowest BCUT2D eigenvalue weighted by Crippen LogP contribution is -2.49. The van der Waals surface area contributed by atoms with E-state index in [-0.39, 0.29) is 18.5 Å². The van der Waals surface area contributed by atoms with Crippen LogP contribution in [0.3, 0.4) is 0 Å². The Hall–Kier alpha value is -1.92. The molecule has 0 radical (unpaired) electrons. The summed E-state index contributed by atoms with van der Waals surface area (Å²) < 4.78 is 5.42. The Morgan fingerprint density at radius 3 is 2.42 bits per heavy atom. The average Bonchev–Trinajstić information content (AvgIpc) is 2.61. The summed E-state index contributed by atoms with van der Waals surface area (Å²) in [6.45, 7) is 3.99. The van der Waals surface area contributed by atoms with Gasteiger partial charge in [0.05, 0.1) is 6.54 Å². The third-order valence-electron chi connectivity index (χ3n) is 4.60. The minimum absolute atomic E-state index is 0.0246. The molecule has 0 saturated carbocycles. The van der Waals surface area contributed by atoms with E-state index in [1.165, 1.54) is 0 Å². The van der Waals surface area contributed by atoms with Crippen LogP contribution in [0.15, 0.2) is 30.3 Å². The largest absolute Gasteiger partial charge is 0.480 e. The lowest BCUT2D eigenvalue weighted by atomic mass is 10.0. The maximum absolute atomic E-state index is 12.7. The summed E-state index contributed by atoms with van der Waals surface area (Å²) in [6, 6.07) is 9.70. The first-order valence-electron chi connectivity index (χ1n) is 8.39. The number of piperidine rings is 1. The Morgan fingerprint density at radius 1 is 1.29 bits per heavy atom. The van der Waals surface area contributed by atoms with Crippen molar-refractivity contribution in [2.75, 3.05) is 33.3 Å². The van der Waals surface area contributed by atoms with Gasteiger partial charge in [-0.1, -0.05) is 37.3 Å². The van der Waals surface area contributed by atoms with Crippen LogP contribution in [0.5, 0.6) is 0 Å². The van der Waals surface area contributed by atoms with E-state index < -0.39 is 12.1 Å². The van der Waals surface area contributed by atoms with E-state index in [0.717, 1.165) is 18.4 Å². The number of aliphatic carboxylic acids is 1. The van der Waals surface area contributed by atoms with Crippen LogP contribution in [0, 0.1) is 0 Å². The van der Waals surface area contributed by atoms with E-state index in [1.807, 2.05) is 47.1 Å². The molecule has 1 aliphatic rings. The first kappa shape index (κ1) is 18.4. The van der Waals surface area contributed by atoms with Crippen LogP contribution >= 0.6 is 0 Å². The topological polar surface area (TPSA) is 70.1 Å². The highest BCUT2D eigenvalue weighted by Gasteiger charge is 2.31. The number of likely N-dealkylation sites (tertiary alicyclic amines) is 1. The molecule has 1 amide bonds. The van der Waals surface area contributed by atoms with Crippen molar-refractivity contribution < 1.29 is 19.4 Å². The second kappa shape index (κ2) is 8.80. The van der Waals surface area contributed by atoms with E-state index in [9.17, 15) is 9.59 Å². The number of hydrogen-bond donors (Lipinski definition) is 1. The number of likely N-dealkylation sites (N-methyl/N-ethyl adjacent to an activating group) is 1. The number of amides is 1. The molecule has 1 unspecified atom stereocenters. The number of methoxy groups -OCH3 is 1. The summed E-state index contributed by atoms with van der Waals surface area (Å²) in [4.78, 5) is 27.5. The zero-order valence-electron chi connectivity index (χ0n) is 14.4. The number of nitrogens with zero attached hydrogens (tertiary/aromatic N) is 2. The summed E-state index contributed by atoms with van der Waals surface area (Å²) in [5.41, 5.74) is 0.855. The van der Waals surface area contributed by atoms with Crippen molar-refractivity contribution in [3.8, 4) is 0 Å². The van der Waals surface area contributed by atoms with Crippen LogP contribution in [0.1, 0.15) is 31.4 Å². The average molecular weight is 334 g/mol. The molecule has 1 atom stereocenters. The molecule has 0 spiro atoms. The zero-order chi connectivity index (χ0) is 17.5. The molecule has 1 fully saturated rings. The molecular weight excluding hydrogens is 308 g/mol. The van der Waals surface area contributed by atoms with Gasteiger partial charge in [-0.15, -0.1) is 0 Å². The molecule has 6 heteroatoms. The van der Waals surface area contributed by atoms with Crippen LogP contribution in [0.25, 0.3) is 0 Å². The molecule has 1 heterocycles. The Balaban J connectivity index is 1.95. The number of benzene rings is 1. The van der Waals surface area contributed by atoms with Crippen molar-refractivity contribution in [2.24, 2.45) is 0 Å². The van der Waals surface area contributed by atoms with Gasteiger partial charge in [-0.25, -0.2) is 0 Å². The Morgan fingerprint density at radius 2 is 1.92 bits per heavy atom. The molecule has 0 aromatic heterocycles. The number of carbonyl (C=O) groups excluding carboxylic acids is 1. The number of hydrogen-bond acceptors (Lipinski definition) is 4. The third kappa shape index (κ3) is 4.55. The Kier molecular flexibility index (Phi) is 6.75. The van der Waals surface area contributed by atoms with Crippen molar-refractivity contribution in [1.82, 2.24) is 9.80 Å². The number of rotatable bonds is 7. The van der Waals surface area contributed by atoms with Gasteiger partial charge < -0.3 is 14.7 Å². The first-order valence-corrected chi connectivity index (χ1v) is 8.39. The summed E-state index contributed by atoms with van der Waals surface area (Å²) in [6.07, 6.45) is 1.000. The molecule has 1 N–H and O–H groups in total. The molecule has 132 valence electrons. The standard InChI is InChI=1S/C18H26N2O4/c1-3-19(13-16(21)22)15-9-11-20(12-10-15)18(23)17(24-2)14-7-5-4-6-8-14/h4-8,15,17H,3,9-13H2,1-2H3,(H,21,22). The van der Waals surface area contributed by atoms with Gasteiger partial charge in [0, 0.05) is 26.2 Å². The minimum Gasteiger partial charge on any atom is -0.480 e. The van der Waals surface area contributed by atoms with Gasteiger partial charge in [0.25, 0.3) is 5.91 Å². The van der Waals surface area contributed by atoms with E-state index in [0.29, 0.717) is 19.6 Å². The van der Waals surface area contributed by atoms with Crippen molar-refractivity contribution in [3.63, 3.8) is 0 Å². The van der Waals surface area contributed by atoms with Crippen LogP contribution in [0.4, 0.5) is 0 Å². The van der Waals surface area contributed by atoms with E-state index in [2.05, 4.69) is 0 Å². The van der Waals surface area contributed by atoms with E-state index in [4.69, 9.17) is 9.84 Å². The molecule has 0 aliphatic carbocycles. The van der Waals surface area contributed by atoms with Crippen LogP contribution in [0.2, 0.25) is 0 Å². The highest BCUT2D eigenvalue weighted by Crippen LogP contribution is 2.23. The quantitative estimate of drug-likeness (QED) is 0.823. The Bertz CT molecular complexity index is 541. The summed E-state index contributed by atoms with van der Waals surface area (Å²) >= 11 is 0. The smallest absolute Gasteiger partial charge is 0.317 e. The predicted molar refractivity (Wildman–Crippen MR) is 90.7 cm³/mol. The molecule has 0 bridgehead atoms. The van der Waals surface area contributed by atoms with Gasteiger partial charge in [-0.2, -0.15) is 0 Å². The molecule has 1 aromatic rings. The zero-order valence-corrected chi connectivity index (χ0v) is 14.4. The number of ether oxygens (including phenoxy) is 1. The maximum atomic E-state index is 12.7. The predicted octanol–water partition coefficient (Wildman–Crippen LogP) is 1.77. The van der Waals surface area contributed by atoms with Gasteiger partial charge in [0.1, 0.15) is 0 Å². The highest BCUT2D eigenvalue weighted by molar-refractivity contribution is 5.82. The third-order valence-corrected chi connectivity index (χ3v) is 4.60. The molecule has 24 heavy (non-hydrogen) atoms. The molecule has 1 aliphatic heterocycles. The lowest BCUT2D eigenvalue weighted by Gasteiger charge is -2.38. The second-order valence-electron chi connectivity index (χ2n) is 6.04. The summed E-state index contributed by atoms with van der Waals surface area (Å²) in [5, 5.41) is 8.99. The first-order chi connectivity index (χ1) is 11.6. The van der Waals surface area contributed by atoms with E-state index in [1.54, 1.807) is 7.11 Å². The Labute approximate surface area is 143 Å². The van der Waals surface area contributed by atoms with Gasteiger partial charge >= 0.3 is 5.97 Å².